The van der Waals surface area contributed by atoms with Crippen LogP contribution in [0.5, 0.6) is 0 Å². The first-order chi connectivity index (χ1) is 13.3. The molecule has 2 N–H and O–H groups in total. The Balaban J connectivity index is 1.97. The molecule has 0 fully saturated rings. The van der Waals surface area contributed by atoms with Gasteiger partial charge < -0.3 is 5.32 Å². The number of nitrogens with one attached hydrogen (secondary N) is 2. The summed E-state index contributed by atoms with van der Waals surface area (Å²) in [5.74, 6) is 1.57. The first kappa shape index (κ1) is 17.6. The highest BCUT2D eigenvalue weighted by Crippen LogP contribution is 2.38. The van der Waals surface area contributed by atoms with E-state index < -0.39 is 0 Å². The molecule has 0 bridgehead atoms. The fraction of sp³-hybridized carbons (Fsp3) is 0.100. The van der Waals surface area contributed by atoms with Crippen LogP contribution >= 0.6 is 24.0 Å². The summed E-state index contributed by atoms with van der Waals surface area (Å²) in [6, 6.07) is 20.2. The Labute approximate surface area is 166 Å². The van der Waals surface area contributed by atoms with E-state index in [1.807, 2.05) is 48.5 Å². The fourth-order valence-electron chi connectivity index (χ4n) is 2.95. The van der Waals surface area contributed by atoms with Gasteiger partial charge in [-0.05, 0) is 11.3 Å². The molecule has 0 radical (unpaired) electrons. The van der Waals surface area contributed by atoms with E-state index in [1.54, 1.807) is 11.8 Å². The van der Waals surface area contributed by atoms with Gasteiger partial charge in [0.15, 0.2) is 11.5 Å². The van der Waals surface area contributed by atoms with Crippen LogP contribution in [0.1, 0.15) is 6.92 Å². The highest BCUT2D eigenvalue weighted by atomic mass is 32.2. The first-order valence-electron chi connectivity index (χ1n) is 8.57. The van der Waals surface area contributed by atoms with E-state index in [4.69, 9.17) is 12.2 Å². The molecule has 0 saturated heterocycles. The third-order valence-corrected chi connectivity index (χ3v) is 5.20. The van der Waals surface area contributed by atoms with E-state index in [-0.39, 0.29) is 0 Å². The maximum atomic E-state index is 5.41. The minimum atomic E-state index is 0.625. The Morgan fingerprint density at radius 3 is 2.33 bits per heavy atom. The average Bonchev–Trinajstić information content (AvgIpc) is 3.11. The molecule has 0 atom stereocenters. The summed E-state index contributed by atoms with van der Waals surface area (Å²) in [6.45, 7) is 2.07. The van der Waals surface area contributed by atoms with Gasteiger partial charge in [-0.2, -0.15) is 5.10 Å². The number of aromatic amines is 1. The van der Waals surface area contributed by atoms with Crippen molar-refractivity contribution < 1.29 is 0 Å². The first-order valence-corrected chi connectivity index (χ1v) is 9.96. The molecule has 0 aliphatic rings. The molecule has 2 heterocycles. The Morgan fingerprint density at radius 1 is 1.00 bits per heavy atom. The zero-order valence-electron chi connectivity index (χ0n) is 14.6. The van der Waals surface area contributed by atoms with Crippen LogP contribution in [0, 0.1) is 0 Å². The van der Waals surface area contributed by atoms with Gasteiger partial charge in [0.05, 0.1) is 5.39 Å². The van der Waals surface area contributed by atoms with Crippen LogP contribution in [-0.2, 0) is 0 Å². The molecule has 0 amide bonds. The van der Waals surface area contributed by atoms with Gasteiger partial charge in [0.2, 0.25) is 0 Å². The lowest BCUT2D eigenvalue weighted by molar-refractivity contribution is 1.03. The van der Waals surface area contributed by atoms with Crippen molar-refractivity contribution in [1.29, 1.82) is 0 Å². The Morgan fingerprint density at radius 2 is 1.67 bits per heavy atom. The molecule has 0 aliphatic heterocycles. The quantitative estimate of drug-likeness (QED) is 0.470. The Hall–Kier alpha value is -2.77. The van der Waals surface area contributed by atoms with Crippen LogP contribution in [0.3, 0.4) is 0 Å². The molecule has 2 aromatic carbocycles. The standard InChI is InChI=1S/C20H17N5S2/c1-2-27-20(26)21-18-16-15(13-9-5-3-6-10-13)17(14-11-7-4-8-12-14)22-24-19(16)25-23-18/h3-12H,2H2,1H3,(H2,21,23,24,25,26). The zero-order chi connectivity index (χ0) is 18.6. The summed E-state index contributed by atoms with van der Waals surface area (Å²) in [7, 11) is 0. The fourth-order valence-corrected chi connectivity index (χ4v) is 3.83. The maximum absolute atomic E-state index is 5.41. The molecule has 5 nitrogen and oxygen atoms in total. The van der Waals surface area contributed by atoms with Crippen molar-refractivity contribution in [1.82, 2.24) is 20.4 Å². The van der Waals surface area contributed by atoms with E-state index in [0.29, 0.717) is 15.8 Å². The van der Waals surface area contributed by atoms with E-state index in [0.717, 1.165) is 33.5 Å². The van der Waals surface area contributed by atoms with Crippen molar-refractivity contribution in [2.24, 2.45) is 0 Å². The van der Waals surface area contributed by atoms with Gasteiger partial charge in [-0.15, -0.1) is 10.2 Å². The Bertz CT molecular complexity index is 1080. The van der Waals surface area contributed by atoms with Gasteiger partial charge in [0.25, 0.3) is 0 Å². The number of rotatable bonds is 4. The Kier molecular flexibility index (Phi) is 5.13. The van der Waals surface area contributed by atoms with Crippen molar-refractivity contribution in [2.75, 3.05) is 11.1 Å². The molecule has 0 aliphatic carbocycles. The predicted molar refractivity (Wildman–Crippen MR) is 117 cm³/mol. The summed E-state index contributed by atoms with van der Waals surface area (Å²) in [6.07, 6.45) is 0. The number of hydrogen-bond acceptors (Lipinski definition) is 5. The molecule has 4 rings (SSSR count). The predicted octanol–water partition coefficient (Wildman–Crippen LogP) is 5.14. The van der Waals surface area contributed by atoms with Gasteiger partial charge in [-0.25, -0.2) is 0 Å². The number of hydrogen-bond donors (Lipinski definition) is 2. The minimum absolute atomic E-state index is 0.625. The molecular weight excluding hydrogens is 374 g/mol. The molecular formula is C20H17N5S2. The SMILES string of the molecule is CCSC(=S)Nc1n[nH]c2nnc(-c3ccccc3)c(-c3ccccc3)c12. The van der Waals surface area contributed by atoms with Gasteiger partial charge in [-0.3, -0.25) is 5.10 Å². The summed E-state index contributed by atoms with van der Waals surface area (Å²) < 4.78 is 0.683. The number of anilines is 1. The number of benzene rings is 2. The van der Waals surface area contributed by atoms with Crippen LogP contribution in [-0.4, -0.2) is 30.5 Å². The molecule has 134 valence electrons. The zero-order valence-corrected chi connectivity index (χ0v) is 16.3. The normalized spacial score (nSPS) is 10.9. The lowest BCUT2D eigenvalue weighted by atomic mass is 9.97. The van der Waals surface area contributed by atoms with Crippen molar-refractivity contribution >= 4 is 45.2 Å². The molecule has 27 heavy (non-hydrogen) atoms. The number of thioether (sulfide) groups is 1. The lowest BCUT2D eigenvalue weighted by Crippen LogP contribution is -2.06. The number of H-pyrrole nitrogens is 1. The number of nitrogens with zero attached hydrogens (tertiary/aromatic N) is 3. The van der Waals surface area contributed by atoms with E-state index in [1.165, 1.54) is 0 Å². The second kappa shape index (κ2) is 7.85. The number of aromatic nitrogens is 4. The lowest BCUT2D eigenvalue weighted by Gasteiger charge is -2.11. The van der Waals surface area contributed by atoms with E-state index >= 15 is 0 Å². The van der Waals surface area contributed by atoms with Crippen LogP contribution in [0.15, 0.2) is 60.7 Å². The average molecular weight is 392 g/mol. The summed E-state index contributed by atoms with van der Waals surface area (Å²) in [5, 5.41) is 20.3. The summed E-state index contributed by atoms with van der Waals surface area (Å²) in [4.78, 5) is 0. The van der Waals surface area contributed by atoms with Crippen LogP contribution in [0.2, 0.25) is 0 Å². The van der Waals surface area contributed by atoms with Gasteiger partial charge >= 0.3 is 0 Å². The number of fused-ring (bicyclic) bond motifs is 1. The molecule has 2 aromatic heterocycles. The summed E-state index contributed by atoms with van der Waals surface area (Å²) >= 11 is 6.98. The highest BCUT2D eigenvalue weighted by Gasteiger charge is 2.20. The van der Waals surface area contributed by atoms with Crippen molar-refractivity contribution in [3.8, 4) is 22.4 Å². The van der Waals surface area contributed by atoms with E-state index in [9.17, 15) is 0 Å². The van der Waals surface area contributed by atoms with Crippen molar-refractivity contribution in [3.05, 3.63) is 60.7 Å². The number of thiocarbonyl (C=S) groups is 1. The third-order valence-electron chi connectivity index (χ3n) is 4.09. The van der Waals surface area contributed by atoms with Gasteiger partial charge in [0, 0.05) is 11.1 Å². The van der Waals surface area contributed by atoms with Crippen LogP contribution in [0.4, 0.5) is 5.82 Å². The molecule has 0 unspecified atom stereocenters. The summed E-state index contributed by atoms with van der Waals surface area (Å²) in [5.41, 5.74) is 4.47. The molecule has 4 aromatic rings. The monoisotopic (exact) mass is 391 g/mol. The third kappa shape index (κ3) is 3.56. The molecule has 0 saturated carbocycles. The van der Waals surface area contributed by atoms with Crippen molar-refractivity contribution in [2.45, 2.75) is 6.92 Å². The second-order valence-corrected chi connectivity index (χ2v) is 7.74. The van der Waals surface area contributed by atoms with Crippen LogP contribution < -0.4 is 5.32 Å². The van der Waals surface area contributed by atoms with Crippen LogP contribution in [0.25, 0.3) is 33.4 Å². The van der Waals surface area contributed by atoms with E-state index in [2.05, 4.69) is 44.8 Å². The minimum Gasteiger partial charge on any atom is -0.324 e. The topological polar surface area (TPSA) is 66.5 Å². The van der Waals surface area contributed by atoms with Gasteiger partial charge in [-0.1, -0.05) is 91.6 Å². The van der Waals surface area contributed by atoms with Gasteiger partial charge in [0.1, 0.15) is 10.0 Å². The molecule has 0 spiro atoms. The molecule has 7 heteroatoms. The maximum Gasteiger partial charge on any atom is 0.180 e. The largest absolute Gasteiger partial charge is 0.324 e. The van der Waals surface area contributed by atoms with Crippen molar-refractivity contribution in [3.63, 3.8) is 0 Å². The highest BCUT2D eigenvalue weighted by molar-refractivity contribution is 8.23. The second-order valence-electron chi connectivity index (χ2n) is 5.80. The smallest absolute Gasteiger partial charge is 0.180 e.